The van der Waals surface area contributed by atoms with E-state index in [2.05, 4.69) is 25.3 Å². The predicted octanol–water partition coefficient (Wildman–Crippen LogP) is 4.89. The van der Waals surface area contributed by atoms with Gasteiger partial charge in [-0.05, 0) is 38.8 Å². The fraction of sp³-hybridized carbons (Fsp3) is 0.474. The van der Waals surface area contributed by atoms with Gasteiger partial charge in [0.1, 0.15) is 5.75 Å². The molecule has 2 aromatic rings. The van der Waals surface area contributed by atoms with Gasteiger partial charge in [0.05, 0.1) is 17.2 Å². The SMILES string of the molecule is CCNC(=NCc1sc(C)nc1C)NC1CC1c1ccccc1OC(F)(F)F.I. The zero-order valence-electron chi connectivity index (χ0n) is 16.3. The summed E-state index contributed by atoms with van der Waals surface area (Å²) in [7, 11) is 0. The zero-order valence-corrected chi connectivity index (χ0v) is 19.5. The molecule has 0 spiro atoms. The van der Waals surface area contributed by atoms with Crippen LogP contribution in [0.2, 0.25) is 0 Å². The molecule has 5 nitrogen and oxygen atoms in total. The third-order valence-corrected chi connectivity index (χ3v) is 5.44. The highest BCUT2D eigenvalue weighted by molar-refractivity contribution is 14.0. The molecule has 1 aliphatic rings. The molecule has 1 aromatic carbocycles. The third-order valence-electron chi connectivity index (χ3n) is 4.38. The molecule has 0 radical (unpaired) electrons. The molecule has 10 heteroatoms. The van der Waals surface area contributed by atoms with Crippen LogP contribution in [0.4, 0.5) is 13.2 Å². The minimum atomic E-state index is -4.70. The number of aliphatic imine (C=N–C) groups is 1. The Labute approximate surface area is 189 Å². The molecule has 2 unspecified atom stereocenters. The standard InChI is InChI=1S/C19H23F3N4OS.HI/c1-4-23-18(24-10-17-11(2)25-12(3)28-17)26-15-9-14(15)13-7-5-6-8-16(13)27-19(20,21)22;/h5-8,14-15H,4,9-10H2,1-3H3,(H2,23,24,26);1H. The largest absolute Gasteiger partial charge is 0.573 e. The first kappa shape index (κ1) is 23.7. The Morgan fingerprint density at radius 2 is 2.03 bits per heavy atom. The lowest BCUT2D eigenvalue weighted by Gasteiger charge is -2.14. The number of guanidine groups is 1. The molecule has 0 amide bonds. The number of benzene rings is 1. The number of para-hydroxylation sites is 1. The number of aromatic nitrogens is 1. The summed E-state index contributed by atoms with van der Waals surface area (Å²) in [5.74, 6) is 0.464. The van der Waals surface area contributed by atoms with Gasteiger partial charge in [0, 0.05) is 23.4 Å². The van der Waals surface area contributed by atoms with Crippen molar-refractivity contribution in [2.45, 2.75) is 52.1 Å². The van der Waals surface area contributed by atoms with Gasteiger partial charge in [-0.3, -0.25) is 0 Å². The maximum Gasteiger partial charge on any atom is 0.573 e. The summed E-state index contributed by atoms with van der Waals surface area (Å²) >= 11 is 1.62. The van der Waals surface area contributed by atoms with Crippen LogP contribution in [-0.2, 0) is 6.54 Å². The number of aryl methyl sites for hydroxylation is 2. The van der Waals surface area contributed by atoms with Gasteiger partial charge in [-0.2, -0.15) is 0 Å². The van der Waals surface area contributed by atoms with Crippen LogP contribution in [0.15, 0.2) is 29.3 Å². The smallest absolute Gasteiger partial charge is 0.405 e. The zero-order chi connectivity index (χ0) is 20.3. The molecule has 1 aromatic heterocycles. The third kappa shape index (κ3) is 6.73. The average Bonchev–Trinajstić information content (AvgIpc) is 3.28. The number of nitrogens with zero attached hydrogens (tertiary/aromatic N) is 2. The Hall–Kier alpha value is -1.56. The second-order valence-electron chi connectivity index (χ2n) is 6.62. The second-order valence-corrected chi connectivity index (χ2v) is 7.90. The first-order chi connectivity index (χ1) is 13.3. The summed E-state index contributed by atoms with van der Waals surface area (Å²) in [5.41, 5.74) is 1.53. The lowest BCUT2D eigenvalue weighted by molar-refractivity contribution is -0.274. The van der Waals surface area contributed by atoms with Crippen molar-refractivity contribution in [3.05, 3.63) is 45.4 Å². The highest BCUT2D eigenvalue weighted by Gasteiger charge is 2.42. The van der Waals surface area contributed by atoms with E-state index in [1.54, 1.807) is 29.5 Å². The second kappa shape index (κ2) is 9.96. The first-order valence-corrected chi connectivity index (χ1v) is 9.91. The van der Waals surface area contributed by atoms with Crippen molar-refractivity contribution in [1.82, 2.24) is 15.6 Å². The van der Waals surface area contributed by atoms with Crippen molar-refractivity contribution in [3.8, 4) is 5.75 Å². The number of alkyl halides is 3. The maximum atomic E-state index is 12.6. The quantitative estimate of drug-likeness (QED) is 0.312. The monoisotopic (exact) mass is 540 g/mol. The minimum Gasteiger partial charge on any atom is -0.405 e. The van der Waals surface area contributed by atoms with Crippen LogP contribution in [0.25, 0.3) is 0 Å². The van der Waals surface area contributed by atoms with Crippen LogP contribution in [0.5, 0.6) is 5.75 Å². The van der Waals surface area contributed by atoms with Gasteiger partial charge in [-0.15, -0.1) is 48.5 Å². The van der Waals surface area contributed by atoms with Crippen LogP contribution in [0.1, 0.15) is 40.4 Å². The number of hydrogen-bond donors (Lipinski definition) is 2. The normalized spacial score (nSPS) is 18.8. The Kier molecular flexibility index (Phi) is 8.15. The topological polar surface area (TPSA) is 58.5 Å². The maximum absolute atomic E-state index is 12.6. The number of hydrogen-bond acceptors (Lipinski definition) is 4. The Balaban J connectivity index is 0.00000300. The Morgan fingerprint density at radius 1 is 1.31 bits per heavy atom. The van der Waals surface area contributed by atoms with Crippen molar-refractivity contribution < 1.29 is 17.9 Å². The summed E-state index contributed by atoms with van der Waals surface area (Å²) in [6, 6.07) is 6.32. The molecule has 1 heterocycles. The lowest BCUT2D eigenvalue weighted by Crippen LogP contribution is -2.39. The fourth-order valence-corrected chi connectivity index (χ4v) is 3.93. The van der Waals surface area contributed by atoms with Crippen LogP contribution < -0.4 is 15.4 Å². The van der Waals surface area contributed by atoms with E-state index in [-0.39, 0.29) is 41.7 Å². The molecule has 0 bridgehead atoms. The van der Waals surface area contributed by atoms with Gasteiger partial charge in [-0.1, -0.05) is 18.2 Å². The summed E-state index contributed by atoms with van der Waals surface area (Å²) in [6.07, 6.45) is -3.98. The number of thiazole rings is 1. The van der Waals surface area contributed by atoms with E-state index in [1.165, 1.54) is 6.07 Å². The molecule has 1 saturated carbocycles. The van der Waals surface area contributed by atoms with Crippen molar-refractivity contribution >= 4 is 41.3 Å². The summed E-state index contributed by atoms with van der Waals surface area (Å²) in [4.78, 5) is 10.1. The predicted molar refractivity (Wildman–Crippen MR) is 119 cm³/mol. The van der Waals surface area contributed by atoms with E-state index < -0.39 is 6.36 Å². The van der Waals surface area contributed by atoms with E-state index in [0.717, 1.165) is 22.0 Å². The first-order valence-electron chi connectivity index (χ1n) is 9.09. The summed E-state index contributed by atoms with van der Waals surface area (Å²) < 4.78 is 42.1. The molecular weight excluding hydrogens is 516 g/mol. The highest BCUT2D eigenvalue weighted by atomic mass is 127. The number of rotatable bonds is 6. The molecular formula is C19H24F3IN4OS. The van der Waals surface area contributed by atoms with Gasteiger partial charge in [0.25, 0.3) is 0 Å². The Morgan fingerprint density at radius 3 is 2.66 bits per heavy atom. The van der Waals surface area contributed by atoms with E-state index >= 15 is 0 Å². The van der Waals surface area contributed by atoms with Crippen molar-refractivity contribution in [3.63, 3.8) is 0 Å². The van der Waals surface area contributed by atoms with Gasteiger partial charge < -0.3 is 15.4 Å². The molecule has 0 saturated heterocycles. The number of ether oxygens (including phenoxy) is 1. The average molecular weight is 540 g/mol. The molecule has 3 rings (SSSR count). The molecule has 1 aliphatic carbocycles. The van der Waals surface area contributed by atoms with Gasteiger partial charge in [0.2, 0.25) is 0 Å². The van der Waals surface area contributed by atoms with E-state index in [0.29, 0.717) is 24.6 Å². The van der Waals surface area contributed by atoms with Crippen LogP contribution in [-0.4, -0.2) is 29.9 Å². The summed E-state index contributed by atoms with van der Waals surface area (Å²) in [5, 5.41) is 7.50. The molecule has 29 heavy (non-hydrogen) atoms. The molecule has 2 atom stereocenters. The van der Waals surface area contributed by atoms with Crippen LogP contribution >= 0.6 is 35.3 Å². The van der Waals surface area contributed by atoms with Crippen molar-refractivity contribution in [2.24, 2.45) is 4.99 Å². The molecule has 2 N–H and O–H groups in total. The van der Waals surface area contributed by atoms with Gasteiger partial charge >= 0.3 is 6.36 Å². The molecule has 1 fully saturated rings. The number of halogens is 4. The molecule has 160 valence electrons. The van der Waals surface area contributed by atoms with E-state index in [4.69, 9.17) is 0 Å². The van der Waals surface area contributed by atoms with E-state index in [9.17, 15) is 13.2 Å². The lowest BCUT2D eigenvalue weighted by atomic mass is 10.1. The minimum absolute atomic E-state index is 0. The Bertz CT molecular complexity index is 856. The van der Waals surface area contributed by atoms with Crippen molar-refractivity contribution in [1.29, 1.82) is 0 Å². The van der Waals surface area contributed by atoms with Crippen LogP contribution in [0, 0.1) is 13.8 Å². The van der Waals surface area contributed by atoms with E-state index in [1.807, 2.05) is 20.8 Å². The van der Waals surface area contributed by atoms with Gasteiger partial charge in [0.15, 0.2) is 5.96 Å². The fourth-order valence-electron chi connectivity index (χ4n) is 3.07. The van der Waals surface area contributed by atoms with Crippen LogP contribution in [0.3, 0.4) is 0 Å². The molecule has 0 aliphatic heterocycles. The van der Waals surface area contributed by atoms with Crippen molar-refractivity contribution in [2.75, 3.05) is 6.54 Å². The number of nitrogens with one attached hydrogen (secondary N) is 2. The highest BCUT2D eigenvalue weighted by Crippen LogP contribution is 2.45. The summed E-state index contributed by atoms with van der Waals surface area (Å²) in [6.45, 7) is 7.10. The van der Waals surface area contributed by atoms with Gasteiger partial charge in [-0.25, -0.2) is 9.98 Å².